The van der Waals surface area contributed by atoms with E-state index in [1.54, 1.807) is 6.92 Å². The number of hydrogen-bond acceptors (Lipinski definition) is 3. The van der Waals surface area contributed by atoms with E-state index in [1.165, 1.54) is 0 Å². The molecule has 4 heteroatoms. The van der Waals surface area contributed by atoms with Gasteiger partial charge in [-0.1, -0.05) is 0 Å². The van der Waals surface area contributed by atoms with Crippen LogP contribution in [-0.4, -0.2) is 36.2 Å². The van der Waals surface area contributed by atoms with Crippen LogP contribution in [0.4, 0.5) is 0 Å². The number of carbonyl (C=O) groups excluding carboxylic acids is 1. The predicted molar refractivity (Wildman–Crippen MR) is 54.9 cm³/mol. The highest BCUT2D eigenvalue weighted by Crippen LogP contribution is 2.08. The normalized spacial score (nSPS) is 25.8. The fourth-order valence-electron chi connectivity index (χ4n) is 1.81. The molecule has 3 atom stereocenters. The van der Waals surface area contributed by atoms with Crippen LogP contribution in [0.2, 0.25) is 0 Å². The topological polar surface area (TPSA) is 61.4 Å². The van der Waals surface area contributed by atoms with Gasteiger partial charge in [0.05, 0.1) is 12.0 Å². The Labute approximate surface area is 85.1 Å². The van der Waals surface area contributed by atoms with Gasteiger partial charge in [-0.25, -0.2) is 0 Å². The van der Waals surface area contributed by atoms with E-state index in [9.17, 15) is 4.79 Å². The van der Waals surface area contributed by atoms with E-state index in [0.29, 0.717) is 6.42 Å². The minimum atomic E-state index is -0.355. The summed E-state index contributed by atoms with van der Waals surface area (Å²) >= 11 is 0. The second kappa shape index (κ2) is 5.32. The molecule has 1 aliphatic rings. The minimum absolute atomic E-state index is 0.0584. The van der Waals surface area contributed by atoms with Crippen LogP contribution in [0.1, 0.15) is 26.7 Å². The second-order valence-electron chi connectivity index (χ2n) is 4.18. The van der Waals surface area contributed by atoms with Crippen molar-refractivity contribution in [1.82, 2.24) is 10.6 Å². The van der Waals surface area contributed by atoms with Crippen LogP contribution in [0.25, 0.3) is 0 Å². The van der Waals surface area contributed by atoms with E-state index in [-0.39, 0.29) is 24.0 Å². The number of hydrogen-bond donors (Lipinski definition) is 3. The van der Waals surface area contributed by atoms with Gasteiger partial charge in [0.15, 0.2) is 0 Å². The lowest BCUT2D eigenvalue weighted by Gasteiger charge is -2.17. The zero-order chi connectivity index (χ0) is 10.6. The molecule has 0 bridgehead atoms. The van der Waals surface area contributed by atoms with Gasteiger partial charge in [0.25, 0.3) is 0 Å². The molecular weight excluding hydrogens is 180 g/mol. The summed E-state index contributed by atoms with van der Waals surface area (Å²) in [7, 11) is 0. The van der Waals surface area contributed by atoms with Gasteiger partial charge in [0, 0.05) is 12.6 Å². The zero-order valence-corrected chi connectivity index (χ0v) is 8.92. The first-order valence-electron chi connectivity index (χ1n) is 5.28. The van der Waals surface area contributed by atoms with Crippen molar-refractivity contribution in [2.24, 2.45) is 5.92 Å². The highest BCUT2D eigenvalue weighted by molar-refractivity contribution is 5.79. The number of nitrogens with one attached hydrogen (secondary N) is 2. The molecule has 14 heavy (non-hydrogen) atoms. The molecule has 1 fully saturated rings. The Morgan fingerprint density at radius 3 is 2.86 bits per heavy atom. The number of aliphatic hydroxyl groups excluding tert-OH is 1. The SMILES string of the molecule is CC(O)CC(C)NC(=O)C1CCNC1. The van der Waals surface area contributed by atoms with Crippen LogP contribution in [0.5, 0.6) is 0 Å². The van der Waals surface area contributed by atoms with Gasteiger partial charge in [0.2, 0.25) is 5.91 Å². The molecule has 1 amide bonds. The second-order valence-corrected chi connectivity index (χ2v) is 4.18. The minimum Gasteiger partial charge on any atom is -0.393 e. The molecule has 0 aliphatic carbocycles. The number of aliphatic hydroxyl groups is 1. The maximum Gasteiger partial charge on any atom is 0.224 e. The standard InChI is InChI=1S/C10H20N2O2/c1-7(5-8(2)13)12-10(14)9-3-4-11-6-9/h7-9,11,13H,3-6H2,1-2H3,(H,12,14). The first kappa shape index (κ1) is 11.5. The third-order valence-corrected chi connectivity index (χ3v) is 2.51. The van der Waals surface area contributed by atoms with E-state index in [2.05, 4.69) is 10.6 Å². The fourth-order valence-corrected chi connectivity index (χ4v) is 1.81. The molecule has 1 aliphatic heterocycles. The Bertz CT molecular complexity index is 189. The molecule has 82 valence electrons. The fraction of sp³-hybridized carbons (Fsp3) is 0.900. The lowest BCUT2D eigenvalue weighted by molar-refractivity contribution is -0.125. The predicted octanol–water partition coefficient (Wildman–Crippen LogP) is -0.128. The van der Waals surface area contributed by atoms with Gasteiger partial charge in [-0.2, -0.15) is 0 Å². The third kappa shape index (κ3) is 3.64. The lowest BCUT2D eigenvalue weighted by atomic mass is 10.1. The molecule has 3 unspecified atom stereocenters. The van der Waals surface area contributed by atoms with Gasteiger partial charge < -0.3 is 15.7 Å². The van der Waals surface area contributed by atoms with Crippen LogP contribution in [0, 0.1) is 5.92 Å². The molecule has 1 heterocycles. The molecule has 4 nitrogen and oxygen atoms in total. The number of rotatable bonds is 4. The number of amides is 1. The monoisotopic (exact) mass is 200 g/mol. The van der Waals surface area contributed by atoms with E-state index < -0.39 is 0 Å². The van der Waals surface area contributed by atoms with Crippen LogP contribution in [0.3, 0.4) is 0 Å². The average molecular weight is 200 g/mol. The summed E-state index contributed by atoms with van der Waals surface area (Å²) in [6, 6.07) is 0.0584. The van der Waals surface area contributed by atoms with Crippen molar-refractivity contribution in [3.63, 3.8) is 0 Å². The first-order valence-corrected chi connectivity index (χ1v) is 5.28. The van der Waals surface area contributed by atoms with Crippen LogP contribution in [-0.2, 0) is 4.79 Å². The Balaban J connectivity index is 2.25. The van der Waals surface area contributed by atoms with E-state index in [0.717, 1.165) is 19.5 Å². The smallest absolute Gasteiger partial charge is 0.224 e. The molecular formula is C10H20N2O2. The summed E-state index contributed by atoms with van der Waals surface area (Å²) in [5, 5.41) is 15.2. The molecule has 0 spiro atoms. The van der Waals surface area contributed by atoms with Crippen molar-refractivity contribution in [2.45, 2.75) is 38.8 Å². The highest BCUT2D eigenvalue weighted by atomic mass is 16.3. The molecule has 0 aromatic heterocycles. The summed E-state index contributed by atoms with van der Waals surface area (Å²) in [4.78, 5) is 11.6. The van der Waals surface area contributed by atoms with Crippen molar-refractivity contribution >= 4 is 5.91 Å². The van der Waals surface area contributed by atoms with Gasteiger partial charge in [-0.15, -0.1) is 0 Å². The quantitative estimate of drug-likeness (QED) is 0.592. The van der Waals surface area contributed by atoms with Crippen molar-refractivity contribution in [3.8, 4) is 0 Å². The summed E-state index contributed by atoms with van der Waals surface area (Å²) < 4.78 is 0. The molecule has 0 saturated carbocycles. The molecule has 3 N–H and O–H groups in total. The van der Waals surface area contributed by atoms with Crippen molar-refractivity contribution in [1.29, 1.82) is 0 Å². The molecule has 0 radical (unpaired) electrons. The molecule has 0 aromatic rings. The van der Waals surface area contributed by atoms with E-state index in [1.807, 2.05) is 6.92 Å². The van der Waals surface area contributed by atoms with Gasteiger partial charge >= 0.3 is 0 Å². The maximum absolute atomic E-state index is 11.6. The van der Waals surface area contributed by atoms with E-state index >= 15 is 0 Å². The first-order chi connectivity index (χ1) is 6.59. The van der Waals surface area contributed by atoms with Crippen molar-refractivity contribution < 1.29 is 9.90 Å². The summed E-state index contributed by atoms with van der Waals surface area (Å²) in [5.41, 5.74) is 0. The Morgan fingerprint density at radius 1 is 1.64 bits per heavy atom. The summed E-state index contributed by atoms with van der Waals surface area (Å²) in [5.74, 6) is 0.231. The molecule has 1 rings (SSSR count). The van der Waals surface area contributed by atoms with Gasteiger partial charge in [-0.05, 0) is 33.2 Å². The zero-order valence-electron chi connectivity index (χ0n) is 8.92. The van der Waals surface area contributed by atoms with Crippen LogP contribution >= 0.6 is 0 Å². The van der Waals surface area contributed by atoms with Crippen molar-refractivity contribution in [3.05, 3.63) is 0 Å². The van der Waals surface area contributed by atoms with Crippen molar-refractivity contribution in [2.75, 3.05) is 13.1 Å². The highest BCUT2D eigenvalue weighted by Gasteiger charge is 2.23. The van der Waals surface area contributed by atoms with Gasteiger partial charge in [0.1, 0.15) is 0 Å². The van der Waals surface area contributed by atoms with Gasteiger partial charge in [-0.3, -0.25) is 4.79 Å². The Hall–Kier alpha value is -0.610. The largest absolute Gasteiger partial charge is 0.393 e. The summed E-state index contributed by atoms with van der Waals surface area (Å²) in [6.45, 7) is 5.38. The lowest BCUT2D eigenvalue weighted by Crippen LogP contribution is -2.39. The van der Waals surface area contributed by atoms with Crippen LogP contribution in [0.15, 0.2) is 0 Å². The Morgan fingerprint density at radius 2 is 2.36 bits per heavy atom. The Kier molecular flexibility index (Phi) is 4.35. The number of carbonyl (C=O) groups is 1. The average Bonchev–Trinajstić information content (AvgIpc) is 2.53. The van der Waals surface area contributed by atoms with E-state index in [4.69, 9.17) is 5.11 Å². The molecule has 1 saturated heterocycles. The molecule has 0 aromatic carbocycles. The maximum atomic E-state index is 11.6. The summed E-state index contributed by atoms with van der Waals surface area (Å²) in [6.07, 6.45) is 1.19. The third-order valence-electron chi connectivity index (χ3n) is 2.51. The van der Waals surface area contributed by atoms with Crippen LogP contribution < -0.4 is 10.6 Å².